The molecular weight excluding hydrogens is 322 g/mol. The van der Waals surface area contributed by atoms with Crippen molar-refractivity contribution >= 4 is 17.3 Å². The number of nitriles is 1. The molecule has 2 aromatic rings. The number of hydrogen-bond donors (Lipinski definition) is 0. The van der Waals surface area contributed by atoms with E-state index in [2.05, 4.69) is 43.9 Å². The van der Waals surface area contributed by atoms with Crippen molar-refractivity contribution in [1.82, 2.24) is 0 Å². The summed E-state index contributed by atoms with van der Waals surface area (Å²) in [7, 11) is 0. The number of nitrogens with zero attached hydrogens (tertiary/aromatic N) is 3. The number of benzene rings is 2. The first-order chi connectivity index (χ1) is 12.5. The zero-order valence-corrected chi connectivity index (χ0v) is 15.5. The highest BCUT2D eigenvalue weighted by Crippen LogP contribution is 2.41. The van der Waals surface area contributed by atoms with Crippen LogP contribution in [0.4, 0.5) is 11.4 Å². The van der Waals surface area contributed by atoms with Gasteiger partial charge in [0.05, 0.1) is 29.6 Å². The Labute approximate surface area is 154 Å². The highest BCUT2D eigenvalue weighted by molar-refractivity contribution is 6.06. The first kappa shape index (κ1) is 16.7. The lowest BCUT2D eigenvalue weighted by molar-refractivity contribution is -0.120. The summed E-state index contributed by atoms with van der Waals surface area (Å²) in [6, 6.07) is 12.2. The van der Waals surface area contributed by atoms with Crippen LogP contribution >= 0.6 is 0 Å². The van der Waals surface area contributed by atoms with E-state index >= 15 is 0 Å². The van der Waals surface area contributed by atoms with E-state index in [0.717, 1.165) is 30.8 Å². The topological polar surface area (TPSA) is 47.3 Å². The average molecular weight is 345 g/mol. The van der Waals surface area contributed by atoms with Gasteiger partial charge in [0, 0.05) is 6.54 Å². The Kier molecular flexibility index (Phi) is 3.96. The molecule has 2 heterocycles. The van der Waals surface area contributed by atoms with Crippen molar-refractivity contribution in [3.8, 4) is 6.07 Å². The summed E-state index contributed by atoms with van der Waals surface area (Å²) >= 11 is 0. The first-order valence-electron chi connectivity index (χ1n) is 9.18. The van der Waals surface area contributed by atoms with Crippen molar-refractivity contribution < 1.29 is 4.79 Å². The van der Waals surface area contributed by atoms with E-state index in [1.165, 1.54) is 22.3 Å². The first-order valence-corrected chi connectivity index (χ1v) is 9.18. The van der Waals surface area contributed by atoms with Crippen LogP contribution in [0.2, 0.25) is 0 Å². The molecule has 132 valence electrons. The van der Waals surface area contributed by atoms with Crippen LogP contribution in [0, 0.1) is 32.1 Å². The van der Waals surface area contributed by atoms with Crippen molar-refractivity contribution in [2.45, 2.75) is 46.2 Å². The molecule has 26 heavy (non-hydrogen) atoms. The minimum atomic E-state index is -0.0681. The van der Waals surface area contributed by atoms with Gasteiger partial charge in [-0.15, -0.1) is 0 Å². The van der Waals surface area contributed by atoms with Crippen LogP contribution in [0.5, 0.6) is 0 Å². The van der Waals surface area contributed by atoms with Gasteiger partial charge in [-0.3, -0.25) is 4.79 Å². The minimum absolute atomic E-state index is 0.0681. The zero-order chi connectivity index (χ0) is 18.4. The van der Waals surface area contributed by atoms with Crippen molar-refractivity contribution in [1.29, 1.82) is 5.26 Å². The molecule has 4 nitrogen and oxygen atoms in total. The molecule has 1 atom stereocenters. The molecule has 0 aromatic heterocycles. The standard InChI is InChI=1S/C22H23N3O/c1-14-9-15(2)18(16(3)10-14)13-25-21-11-17(12-23)6-7-19(21)24-8-4-5-20(24)22(25)26/h6-7,9-11,20H,4-5,8,13H2,1-3H3/t20-/m0/s1. The third-order valence-corrected chi connectivity index (χ3v) is 5.67. The fraction of sp³-hybridized carbons (Fsp3) is 0.364. The average Bonchev–Trinajstić information content (AvgIpc) is 3.10. The maximum Gasteiger partial charge on any atom is 0.250 e. The lowest BCUT2D eigenvalue weighted by Crippen LogP contribution is -2.50. The van der Waals surface area contributed by atoms with Crippen LogP contribution in [0.3, 0.4) is 0 Å². The van der Waals surface area contributed by atoms with Gasteiger partial charge >= 0.3 is 0 Å². The maximum atomic E-state index is 13.3. The summed E-state index contributed by atoms with van der Waals surface area (Å²) < 4.78 is 0. The SMILES string of the molecule is Cc1cc(C)c(CN2C(=O)[C@@H]3CCCN3c3ccc(C#N)cc32)c(C)c1. The van der Waals surface area contributed by atoms with Crippen LogP contribution in [0.15, 0.2) is 30.3 Å². The van der Waals surface area contributed by atoms with Gasteiger partial charge in [-0.25, -0.2) is 0 Å². The summed E-state index contributed by atoms with van der Waals surface area (Å²) in [5.41, 5.74) is 7.40. The van der Waals surface area contributed by atoms with Crippen molar-refractivity contribution in [2.75, 3.05) is 16.3 Å². The number of rotatable bonds is 2. The van der Waals surface area contributed by atoms with Gasteiger partial charge in [0.1, 0.15) is 6.04 Å². The molecule has 0 saturated carbocycles. The number of hydrogen-bond acceptors (Lipinski definition) is 3. The van der Waals surface area contributed by atoms with Gasteiger partial charge in [-0.2, -0.15) is 5.26 Å². The molecule has 2 aromatic carbocycles. The van der Waals surface area contributed by atoms with Crippen molar-refractivity contribution in [2.24, 2.45) is 0 Å². The zero-order valence-electron chi connectivity index (χ0n) is 15.5. The molecule has 0 spiro atoms. The number of carbonyl (C=O) groups excluding carboxylic acids is 1. The molecule has 1 amide bonds. The molecule has 1 fully saturated rings. The second-order valence-corrected chi connectivity index (χ2v) is 7.47. The molecule has 0 N–H and O–H groups in total. The summed E-state index contributed by atoms with van der Waals surface area (Å²) in [4.78, 5) is 17.4. The number of amides is 1. The Morgan fingerprint density at radius 3 is 2.54 bits per heavy atom. The van der Waals surface area contributed by atoms with Gasteiger partial charge in [0.2, 0.25) is 5.91 Å². The van der Waals surface area contributed by atoms with E-state index < -0.39 is 0 Å². The summed E-state index contributed by atoms with van der Waals surface area (Å²) in [5, 5.41) is 9.32. The summed E-state index contributed by atoms with van der Waals surface area (Å²) in [6.07, 6.45) is 1.94. The van der Waals surface area contributed by atoms with E-state index in [-0.39, 0.29) is 11.9 Å². The number of fused-ring (bicyclic) bond motifs is 3. The third-order valence-electron chi connectivity index (χ3n) is 5.67. The van der Waals surface area contributed by atoms with E-state index in [1.807, 2.05) is 23.1 Å². The highest BCUT2D eigenvalue weighted by atomic mass is 16.2. The van der Waals surface area contributed by atoms with Gasteiger partial charge in [-0.1, -0.05) is 17.7 Å². The predicted octanol–water partition coefficient (Wildman–Crippen LogP) is 4.00. The Morgan fingerprint density at radius 1 is 1.12 bits per heavy atom. The van der Waals surface area contributed by atoms with Crippen molar-refractivity contribution in [3.05, 3.63) is 58.1 Å². The normalized spacial score (nSPS) is 18.5. The third kappa shape index (κ3) is 2.55. The Morgan fingerprint density at radius 2 is 1.85 bits per heavy atom. The van der Waals surface area contributed by atoms with Gasteiger partial charge in [0.25, 0.3) is 0 Å². The van der Waals surface area contributed by atoms with E-state index in [1.54, 1.807) is 0 Å². The minimum Gasteiger partial charge on any atom is -0.358 e. The number of carbonyl (C=O) groups is 1. The lowest BCUT2D eigenvalue weighted by atomic mass is 9.97. The predicted molar refractivity (Wildman–Crippen MR) is 103 cm³/mol. The quantitative estimate of drug-likeness (QED) is 0.826. The lowest BCUT2D eigenvalue weighted by Gasteiger charge is -2.40. The molecule has 0 bridgehead atoms. The second-order valence-electron chi connectivity index (χ2n) is 7.47. The number of aryl methyl sites for hydroxylation is 3. The smallest absolute Gasteiger partial charge is 0.250 e. The highest BCUT2D eigenvalue weighted by Gasteiger charge is 2.41. The Bertz CT molecular complexity index is 918. The van der Waals surface area contributed by atoms with Crippen LogP contribution in [0.1, 0.15) is 40.7 Å². The van der Waals surface area contributed by atoms with E-state index in [0.29, 0.717) is 12.1 Å². The van der Waals surface area contributed by atoms with Gasteiger partial charge < -0.3 is 9.80 Å². The Hall–Kier alpha value is -2.80. The summed E-state index contributed by atoms with van der Waals surface area (Å²) in [5.74, 6) is 0.157. The molecule has 0 radical (unpaired) electrons. The van der Waals surface area contributed by atoms with Gasteiger partial charge in [-0.05, 0) is 68.5 Å². The van der Waals surface area contributed by atoms with Crippen LogP contribution in [-0.4, -0.2) is 18.5 Å². The largest absolute Gasteiger partial charge is 0.358 e. The molecule has 2 aliphatic rings. The van der Waals surface area contributed by atoms with Gasteiger partial charge in [0.15, 0.2) is 0 Å². The fourth-order valence-electron chi connectivity index (χ4n) is 4.44. The number of anilines is 2. The summed E-state index contributed by atoms with van der Waals surface area (Å²) in [6.45, 7) is 7.78. The Balaban J connectivity index is 1.82. The molecule has 0 unspecified atom stereocenters. The van der Waals surface area contributed by atoms with Crippen molar-refractivity contribution in [3.63, 3.8) is 0 Å². The molecule has 1 saturated heterocycles. The fourth-order valence-corrected chi connectivity index (χ4v) is 4.44. The molecule has 2 aliphatic heterocycles. The molecule has 4 heteroatoms. The molecule has 4 rings (SSSR count). The molecule has 0 aliphatic carbocycles. The van der Waals surface area contributed by atoms with Crippen LogP contribution in [-0.2, 0) is 11.3 Å². The van der Waals surface area contributed by atoms with Crippen LogP contribution in [0.25, 0.3) is 0 Å². The van der Waals surface area contributed by atoms with E-state index in [4.69, 9.17) is 0 Å². The van der Waals surface area contributed by atoms with Crippen LogP contribution < -0.4 is 9.80 Å². The van der Waals surface area contributed by atoms with E-state index in [9.17, 15) is 10.1 Å². The monoisotopic (exact) mass is 345 g/mol. The second kappa shape index (κ2) is 6.17. The maximum absolute atomic E-state index is 13.3. The molecular formula is C22H23N3O.